The van der Waals surface area contributed by atoms with E-state index in [2.05, 4.69) is 29.6 Å². The van der Waals surface area contributed by atoms with Crippen LogP contribution in [-0.2, 0) is 6.54 Å². The average molecular weight is 255 g/mol. The molecule has 1 nitrogen and oxygen atoms in total. The van der Waals surface area contributed by atoms with E-state index in [4.69, 9.17) is 0 Å². The highest BCUT2D eigenvalue weighted by molar-refractivity contribution is 5.46. The van der Waals surface area contributed by atoms with Gasteiger partial charge in [0.1, 0.15) is 5.82 Å². The van der Waals surface area contributed by atoms with Crippen LogP contribution in [0.4, 0.5) is 10.1 Å². The van der Waals surface area contributed by atoms with E-state index >= 15 is 0 Å². The van der Waals surface area contributed by atoms with E-state index in [1.807, 2.05) is 12.1 Å². The summed E-state index contributed by atoms with van der Waals surface area (Å²) in [6.45, 7) is 2.54. The number of hydrogen-bond donors (Lipinski definition) is 1. The molecule has 0 radical (unpaired) electrons. The Morgan fingerprint density at radius 2 is 1.95 bits per heavy atom. The molecule has 2 aromatic carbocycles. The lowest BCUT2D eigenvalue weighted by Gasteiger charge is -2.11. The van der Waals surface area contributed by atoms with Crippen LogP contribution in [0.2, 0.25) is 0 Å². The van der Waals surface area contributed by atoms with Gasteiger partial charge in [0.05, 0.1) is 0 Å². The van der Waals surface area contributed by atoms with Gasteiger partial charge in [0.2, 0.25) is 0 Å². The Kier molecular flexibility index (Phi) is 3.24. The maximum absolute atomic E-state index is 13.5. The van der Waals surface area contributed by atoms with Crippen molar-refractivity contribution >= 4 is 5.69 Å². The molecule has 1 N–H and O–H groups in total. The summed E-state index contributed by atoms with van der Waals surface area (Å²) < 4.78 is 13.5. The van der Waals surface area contributed by atoms with Gasteiger partial charge >= 0.3 is 0 Å². The fourth-order valence-electron chi connectivity index (χ4n) is 2.39. The Hall–Kier alpha value is -1.83. The van der Waals surface area contributed by atoms with Crippen molar-refractivity contribution in [2.75, 3.05) is 5.32 Å². The summed E-state index contributed by atoms with van der Waals surface area (Å²) >= 11 is 0. The van der Waals surface area contributed by atoms with Gasteiger partial charge in [-0.05, 0) is 54.5 Å². The molecule has 3 rings (SSSR count). The molecule has 0 bridgehead atoms. The first kappa shape index (κ1) is 12.2. The van der Waals surface area contributed by atoms with Crippen molar-refractivity contribution in [3.8, 4) is 0 Å². The Morgan fingerprint density at radius 3 is 2.68 bits per heavy atom. The van der Waals surface area contributed by atoms with Crippen LogP contribution in [0.3, 0.4) is 0 Å². The monoisotopic (exact) mass is 255 g/mol. The Labute approximate surface area is 113 Å². The fourth-order valence-corrected chi connectivity index (χ4v) is 2.39. The lowest BCUT2D eigenvalue weighted by molar-refractivity contribution is 0.619. The third-order valence-electron chi connectivity index (χ3n) is 3.73. The van der Waals surface area contributed by atoms with E-state index in [9.17, 15) is 4.39 Å². The molecule has 1 fully saturated rings. The Balaban J connectivity index is 1.73. The third kappa shape index (κ3) is 2.78. The molecule has 0 unspecified atom stereocenters. The number of nitrogens with one attached hydrogen (secondary N) is 1. The SMILES string of the molecule is Cc1ccc(NCc2ccccc2C2CC2)cc1F. The minimum Gasteiger partial charge on any atom is -0.381 e. The zero-order valence-corrected chi connectivity index (χ0v) is 11.1. The highest BCUT2D eigenvalue weighted by Gasteiger charge is 2.25. The molecule has 0 atom stereocenters. The van der Waals surface area contributed by atoms with E-state index in [0.717, 1.165) is 18.2 Å². The third-order valence-corrected chi connectivity index (χ3v) is 3.73. The van der Waals surface area contributed by atoms with Crippen LogP contribution in [0.15, 0.2) is 42.5 Å². The zero-order valence-electron chi connectivity index (χ0n) is 11.1. The molecule has 2 heteroatoms. The van der Waals surface area contributed by atoms with Crippen LogP contribution < -0.4 is 5.32 Å². The summed E-state index contributed by atoms with van der Waals surface area (Å²) in [5.41, 5.74) is 4.30. The van der Waals surface area contributed by atoms with E-state index < -0.39 is 0 Å². The molecule has 1 aliphatic rings. The van der Waals surface area contributed by atoms with Gasteiger partial charge in [-0.15, -0.1) is 0 Å². The van der Waals surface area contributed by atoms with Crippen molar-refractivity contribution in [1.82, 2.24) is 0 Å². The molecule has 98 valence electrons. The first-order chi connectivity index (χ1) is 9.24. The van der Waals surface area contributed by atoms with E-state index in [1.165, 1.54) is 24.0 Å². The van der Waals surface area contributed by atoms with Crippen molar-refractivity contribution in [1.29, 1.82) is 0 Å². The number of hydrogen-bond acceptors (Lipinski definition) is 1. The van der Waals surface area contributed by atoms with Gasteiger partial charge in [-0.2, -0.15) is 0 Å². The van der Waals surface area contributed by atoms with Crippen molar-refractivity contribution in [3.63, 3.8) is 0 Å². The molecule has 19 heavy (non-hydrogen) atoms. The van der Waals surface area contributed by atoms with Gasteiger partial charge < -0.3 is 5.32 Å². The van der Waals surface area contributed by atoms with E-state index in [1.54, 1.807) is 13.0 Å². The van der Waals surface area contributed by atoms with Gasteiger partial charge in [-0.1, -0.05) is 30.3 Å². The quantitative estimate of drug-likeness (QED) is 0.840. The summed E-state index contributed by atoms with van der Waals surface area (Å²) in [6, 6.07) is 13.8. The minimum absolute atomic E-state index is 0.152. The van der Waals surface area contributed by atoms with Crippen LogP contribution in [0.1, 0.15) is 35.4 Å². The largest absolute Gasteiger partial charge is 0.381 e. The smallest absolute Gasteiger partial charge is 0.128 e. The highest BCUT2D eigenvalue weighted by Crippen LogP contribution is 2.41. The molecule has 1 saturated carbocycles. The predicted molar refractivity (Wildman–Crippen MR) is 76.9 cm³/mol. The normalized spacial score (nSPS) is 14.4. The van der Waals surface area contributed by atoms with Crippen molar-refractivity contribution in [3.05, 3.63) is 65.0 Å². The van der Waals surface area contributed by atoms with Crippen LogP contribution >= 0.6 is 0 Å². The lowest BCUT2D eigenvalue weighted by Crippen LogP contribution is -2.02. The summed E-state index contributed by atoms with van der Waals surface area (Å²) in [4.78, 5) is 0. The number of aryl methyl sites for hydroxylation is 1. The maximum Gasteiger partial charge on any atom is 0.128 e. The maximum atomic E-state index is 13.5. The second kappa shape index (κ2) is 5.04. The average Bonchev–Trinajstić information content (AvgIpc) is 3.25. The molecule has 0 aromatic heterocycles. The summed E-state index contributed by atoms with van der Waals surface area (Å²) in [6.07, 6.45) is 2.60. The van der Waals surface area contributed by atoms with E-state index in [0.29, 0.717) is 5.56 Å². The number of anilines is 1. The first-order valence-electron chi connectivity index (χ1n) is 6.82. The van der Waals surface area contributed by atoms with Crippen LogP contribution in [0, 0.1) is 12.7 Å². The fraction of sp³-hybridized carbons (Fsp3) is 0.294. The van der Waals surface area contributed by atoms with Gasteiger partial charge in [-0.25, -0.2) is 4.39 Å². The lowest BCUT2D eigenvalue weighted by atomic mass is 10.0. The zero-order chi connectivity index (χ0) is 13.2. The second-order valence-corrected chi connectivity index (χ2v) is 5.29. The molecule has 0 saturated heterocycles. The molecule has 0 heterocycles. The topological polar surface area (TPSA) is 12.0 Å². The van der Waals surface area contributed by atoms with Crippen LogP contribution in [0.25, 0.3) is 0 Å². The number of rotatable bonds is 4. The molecule has 0 amide bonds. The summed E-state index contributed by atoms with van der Waals surface area (Å²) in [5.74, 6) is 0.591. The first-order valence-corrected chi connectivity index (χ1v) is 6.82. The molecule has 1 aliphatic carbocycles. The molecular formula is C17H18FN. The van der Waals surface area contributed by atoms with Crippen LogP contribution in [-0.4, -0.2) is 0 Å². The van der Waals surface area contributed by atoms with E-state index in [-0.39, 0.29) is 5.82 Å². The van der Waals surface area contributed by atoms with Crippen molar-refractivity contribution in [2.45, 2.75) is 32.2 Å². The Morgan fingerprint density at radius 1 is 1.16 bits per heavy atom. The van der Waals surface area contributed by atoms with Gasteiger partial charge in [0.15, 0.2) is 0 Å². The standard InChI is InChI=1S/C17H18FN/c1-12-6-9-15(10-17(12)18)19-11-14-4-2-3-5-16(14)13-7-8-13/h2-6,9-10,13,19H,7-8,11H2,1H3. The second-order valence-electron chi connectivity index (χ2n) is 5.29. The summed E-state index contributed by atoms with van der Waals surface area (Å²) in [5, 5.41) is 3.31. The molecule has 0 spiro atoms. The summed E-state index contributed by atoms with van der Waals surface area (Å²) in [7, 11) is 0. The Bertz CT molecular complexity index is 588. The van der Waals surface area contributed by atoms with Gasteiger partial charge in [-0.3, -0.25) is 0 Å². The molecular weight excluding hydrogens is 237 g/mol. The van der Waals surface area contributed by atoms with Crippen molar-refractivity contribution < 1.29 is 4.39 Å². The van der Waals surface area contributed by atoms with Gasteiger partial charge in [0, 0.05) is 12.2 Å². The van der Waals surface area contributed by atoms with Crippen LogP contribution in [0.5, 0.6) is 0 Å². The number of benzene rings is 2. The minimum atomic E-state index is -0.152. The van der Waals surface area contributed by atoms with Crippen molar-refractivity contribution in [2.24, 2.45) is 0 Å². The predicted octanol–water partition coefficient (Wildman–Crippen LogP) is 4.62. The van der Waals surface area contributed by atoms with Gasteiger partial charge in [0.25, 0.3) is 0 Å². The molecule has 2 aromatic rings. The molecule has 0 aliphatic heterocycles. The number of halogens is 1. The highest BCUT2D eigenvalue weighted by atomic mass is 19.1.